The van der Waals surface area contributed by atoms with Crippen LogP contribution in [0.1, 0.15) is 24.8 Å². The number of hydrogen-bond donors (Lipinski definition) is 3. The Kier molecular flexibility index (Phi) is 5.66. The summed E-state index contributed by atoms with van der Waals surface area (Å²) >= 11 is 0. The predicted octanol–water partition coefficient (Wildman–Crippen LogP) is 0.616. The van der Waals surface area contributed by atoms with Crippen LogP contribution in [0.5, 0.6) is 0 Å². The van der Waals surface area contributed by atoms with E-state index in [-0.39, 0.29) is 6.61 Å². The summed E-state index contributed by atoms with van der Waals surface area (Å²) in [5.41, 5.74) is 6.39. The molecule has 0 saturated carbocycles. The Balaban J connectivity index is 2.34. The standard InChI is InChI=1S/C13H20N2O2/c1-10(11-5-3-2-4-6-11)7-8-15-12(9-16)13(14)17/h2-6,10,12,15-16H,7-9H2,1H3,(H2,14,17). The first-order chi connectivity index (χ1) is 8.15. The molecule has 1 aromatic carbocycles. The maximum absolute atomic E-state index is 10.9. The first-order valence-electron chi connectivity index (χ1n) is 5.83. The molecule has 2 atom stereocenters. The van der Waals surface area contributed by atoms with Gasteiger partial charge in [0, 0.05) is 0 Å². The van der Waals surface area contributed by atoms with Crippen LogP contribution in [0.15, 0.2) is 30.3 Å². The topological polar surface area (TPSA) is 75.3 Å². The molecule has 4 heteroatoms. The lowest BCUT2D eigenvalue weighted by atomic mass is 9.98. The maximum Gasteiger partial charge on any atom is 0.236 e. The molecule has 4 nitrogen and oxygen atoms in total. The molecule has 0 bridgehead atoms. The Bertz CT molecular complexity index is 341. The summed E-state index contributed by atoms with van der Waals surface area (Å²) in [5.74, 6) is -0.101. The van der Waals surface area contributed by atoms with Crippen molar-refractivity contribution in [3.05, 3.63) is 35.9 Å². The van der Waals surface area contributed by atoms with Gasteiger partial charge >= 0.3 is 0 Å². The number of amides is 1. The number of nitrogens with one attached hydrogen (secondary N) is 1. The summed E-state index contributed by atoms with van der Waals surface area (Å²) in [6.45, 7) is 2.54. The molecule has 0 aliphatic heterocycles. The molecular formula is C13H20N2O2. The lowest BCUT2D eigenvalue weighted by molar-refractivity contribution is -0.120. The number of primary amides is 1. The summed E-state index contributed by atoms with van der Waals surface area (Å²) < 4.78 is 0. The average molecular weight is 236 g/mol. The number of benzene rings is 1. The van der Waals surface area contributed by atoms with Crippen molar-refractivity contribution >= 4 is 5.91 Å². The van der Waals surface area contributed by atoms with Gasteiger partial charge in [-0.15, -0.1) is 0 Å². The minimum Gasteiger partial charge on any atom is -0.394 e. The summed E-state index contributed by atoms with van der Waals surface area (Å²) in [6, 6.07) is 9.55. The van der Waals surface area contributed by atoms with Gasteiger partial charge in [-0.25, -0.2) is 0 Å². The Hall–Kier alpha value is -1.39. The highest BCUT2D eigenvalue weighted by Crippen LogP contribution is 2.17. The number of nitrogens with two attached hydrogens (primary N) is 1. The Morgan fingerprint density at radius 1 is 1.41 bits per heavy atom. The van der Waals surface area contributed by atoms with Crippen LogP contribution in [0.25, 0.3) is 0 Å². The highest BCUT2D eigenvalue weighted by atomic mass is 16.3. The van der Waals surface area contributed by atoms with Gasteiger partial charge in [-0.2, -0.15) is 0 Å². The van der Waals surface area contributed by atoms with Crippen LogP contribution < -0.4 is 11.1 Å². The second kappa shape index (κ2) is 7.04. The molecule has 1 amide bonds. The molecule has 0 heterocycles. The van der Waals surface area contributed by atoms with E-state index in [1.807, 2.05) is 18.2 Å². The summed E-state index contributed by atoms with van der Waals surface area (Å²) in [6.07, 6.45) is 0.897. The Morgan fingerprint density at radius 3 is 2.59 bits per heavy atom. The average Bonchev–Trinajstić information content (AvgIpc) is 2.35. The van der Waals surface area contributed by atoms with Gasteiger partial charge in [0.1, 0.15) is 6.04 Å². The van der Waals surface area contributed by atoms with Crippen LogP contribution in [0.3, 0.4) is 0 Å². The first-order valence-corrected chi connectivity index (χ1v) is 5.83. The molecule has 0 aromatic heterocycles. The van der Waals surface area contributed by atoms with E-state index in [0.717, 1.165) is 6.42 Å². The zero-order valence-corrected chi connectivity index (χ0v) is 10.1. The number of rotatable bonds is 7. The molecule has 0 aliphatic rings. The van der Waals surface area contributed by atoms with Gasteiger partial charge < -0.3 is 16.2 Å². The van der Waals surface area contributed by atoms with Crippen LogP contribution in [-0.2, 0) is 4.79 Å². The third kappa shape index (κ3) is 4.54. The molecule has 17 heavy (non-hydrogen) atoms. The smallest absolute Gasteiger partial charge is 0.236 e. The SMILES string of the molecule is CC(CCNC(CO)C(N)=O)c1ccccc1. The van der Waals surface area contributed by atoms with Crippen molar-refractivity contribution in [3.63, 3.8) is 0 Å². The zero-order chi connectivity index (χ0) is 12.7. The molecule has 0 fully saturated rings. The van der Waals surface area contributed by atoms with Crippen molar-refractivity contribution in [2.75, 3.05) is 13.2 Å². The minimum atomic E-state index is -0.641. The number of carbonyl (C=O) groups excluding carboxylic acids is 1. The van der Waals surface area contributed by atoms with Crippen molar-refractivity contribution < 1.29 is 9.90 Å². The lowest BCUT2D eigenvalue weighted by Crippen LogP contribution is -2.44. The molecular weight excluding hydrogens is 216 g/mol. The van der Waals surface area contributed by atoms with E-state index in [2.05, 4.69) is 24.4 Å². The van der Waals surface area contributed by atoms with Crippen molar-refractivity contribution in [2.45, 2.75) is 25.3 Å². The number of aliphatic hydroxyl groups is 1. The van der Waals surface area contributed by atoms with Crippen molar-refractivity contribution in [3.8, 4) is 0 Å². The molecule has 2 unspecified atom stereocenters. The van der Waals surface area contributed by atoms with Gasteiger partial charge in [0.25, 0.3) is 0 Å². The van der Waals surface area contributed by atoms with E-state index in [1.54, 1.807) is 0 Å². The molecule has 4 N–H and O–H groups in total. The molecule has 0 radical (unpaired) electrons. The first kappa shape index (κ1) is 13.7. The monoisotopic (exact) mass is 236 g/mol. The van der Waals surface area contributed by atoms with Gasteiger partial charge in [-0.3, -0.25) is 4.79 Å². The molecule has 94 valence electrons. The van der Waals surface area contributed by atoms with Crippen LogP contribution in [0, 0.1) is 0 Å². The third-order valence-electron chi connectivity index (χ3n) is 2.86. The van der Waals surface area contributed by atoms with Crippen LogP contribution in [0.4, 0.5) is 0 Å². The van der Waals surface area contributed by atoms with Crippen LogP contribution in [-0.4, -0.2) is 30.2 Å². The fourth-order valence-electron chi connectivity index (χ4n) is 1.68. The zero-order valence-electron chi connectivity index (χ0n) is 10.1. The molecule has 0 aliphatic carbocycles. The van der Waals surface area contributed by atoms with Crippen LogP contribution in [0.2, 0.25) is 0 Å². The predicted molar refractivity (Wildman–Crippen MR) is 67.5 cm³/mol. The molecule has 0 spiro atoms. The fraction of sp³-hybridized carbons (Fsp3) is 0.462. The van der Waals surface area contributed by atoms with E-state index < -0.39 is 11.9 Å². The van der Waals surface area contributed by atoms with Gasteiger partial charge in [-0.05, 0) is 24.4 Å². The Morgan fingerprint density at radius 2 is 2.06 bits per heavy atom. The summed E-state index contributed by atoms with van der Waals surface area (Å²) in [7, 11) is 0. The molecule has 1 rings (SSSR count). The van der Waals surface area contributed by atoms with Crippen LogP contribution >= 0.6 is 0 Å². The summed E-state index contributed by atoms with van der Waals surface area (Å²) in [5, 5.41) is 11.9. The molecule has 1 aromatic rings. The third-order valence-corrected chi connectivity index (χ3v) is 2.86. The van der Waals surface area contributed by atoms with Crippen molar-refractivity contribution in [1.29, 1.82) is 0 Å². The second-order valence-corrected chi connectivity index (χ2v) is 4.19. The summed E-state index contributed by atoms with van der Waals surface area (Å²) in [4.78, 5) is 10.9. The minimum absolute atomic E-state index is 0.255. The van der Waals surface area contributed by atoms with E-state index in [4.69, 9.17) is 10.8 Å². The highest BCUT2D eigenvalue weighted by Gasteiger charge is 2.13. The van der Waals surface area contributed by atoms with Gasteiger partial charge in [0.05, 0.1) is 6.61 Å². The van der Waals surface area contributed by atoms with E-state index in [0.29, 0.717) is 12.5 Å². The van der Waals surface area contributed by atoms with E-state index >= 15 is 0 Å². The quantitative estimate of drug-likeness (QED) is 0.649. The van der Waals surface area contributed by atoms with Crippen molar-refractivity contribution in [1.82, 2.24) is 5.32 Å². The second-order valence-electron chi connectivity index (χ2n) is 4.19. The fourth-order valence-corrected chi connectivity index (χ4v) is 1.68. The number of aliphatic hydroxyl groups excluding tert-OH is 1. The highest BCUT2D eigenvalue weighted by molar-refractivity contribution is 5.79. The van der Waals surface area contributed by atoms with E-state index in [1.165, 1.54) is 5.56 Å². The van der Waals surface area contributed by atoms with Gasteiger partial charge in [0.15, 0.2) is 0 Å². The maximum atomic E-state index is 10.9. The lowest BCUT2D eigenvalue weighted by Gasteiger charge is -2.15. The van der Waals surface area contributed by atoms with Crippen molar-refractivity contribution in [2.24, 2.45) is 5.73 Å². The molecule has 0 saturated heterocycles. The van der Waals surface area contributed by atoms with E-state index in [9.17, 15) is 4.79 Å². The van der Waals surface area contributed by atoms with Gasteiger partial charge in [0.2, 0.25) is 5.91 Å². The van der Waals surface area contributed by atoms with Gasteiger partial charge in [-0.1, -0.05) is 37.3 Å². The number of carbonyl (C=O) groups is 1. The largest absolute Gasteiger partial charge is 0.394 e. The Labute approximate surface area is 102 Å². The normalized spacial score (nSPS) is 14.2. The number of hydrogen-bond acceptors (Lipinski definition) is 3.